The first-order chi connectivity index (χ1) is 8.54. The highest BCUT2D eigenvalue weighted by Gasteiger charge is 2.40. The molecule has 0 aromatic rings. The molecule has 1 heterocycles. The van der Waals surface area contributed by atoms with Gasteiger partial charge in [0.15, 0.2) is 0 Å². The lowest BCUT2D eigenvalue weighted by Gasteiger charge is -2.38. The van der Waals surface area contributed by atoms with Gasteiger partial charge in [-0.15, -0.1) is 0 Å². The molecule has 2 aliphatic rings. The van der Waals surface area contributed by atoms with Gasteiger partial charge in [0.1, 0.15) is 0 Å². The summed E-state index contributed by atoms with van der Waals surface area (Å²) in [5, 5.41) is 3.41. The fraction of sp³-hybridized carbons (Fsp3) is 0.933. The van der Waals surface area contributed by atoms with Crippen LogP contribution in [0.3, 0.4) is 0 Å². The maximum absolute atomic E-state index is 12.5. The van der Waals surface area contributed by atoms with Crippen LogP contribution in [-0.4, -0.2) is 29.6 Å². The number of rotatable bonds is 3. The highest BCUT2D eigenvalue weighted by Crippen LogP contribution is 2.33. The van der Waals surface area contributed by atoms with Gasteiger partial charge in [0, 0.05) is 6.04 Å². The van der Waals surface area contributed by atoms with Crippen LogP contribution in [0.15, 0.2) is 0 Å². The summed E-state index contributed by atoms with van der Waals surface area (Å²) in [6.07, 6.45) is 4.78. The number of carbonyl (C=O) groups is 1. The average Bonchev–Trinajstić information content (AvgIpc) is 2.70. The summed E-state index contributed by atoms with van der Waals surface area (Å²) >= 11 is 0. The quantitative estimate of drug-likeness (QED) is 0.837. The van der Waals surface area contributed by atoms with E-state index in [-0.39, 0.29) is 6.04 Å². The van der Waals surface area contributed by atoms with Gasteiger partial charge in [-0.2, -0.15) is 0 Å². The Bertz CT molecular complexity index is 305. The lowest BCUT2D eigenvalue weighted by atomic mass is 9.79. The van der Waals surface area contributed by atoms with Gasteiger partial charge in [-0.1, -0.05) is 34.1 Å². The Labute approximate surface area is 111 Å². The first-order valence-electron chi connectivity index (χ1n) is 7.58. The molecule has 5 unspecified atom stereocenters. The summed E-state index contributed by atoms with van der Waals surface area (Å²) in [4.78, 5) is 14.6. The third-order valence-electron chi connectivity index (χ3n) is 5.03. The molecule has 1 aliphatic carbocycles. The second-order valence-corrected chi connectivity index (χ2v) is 6.50. The fourth-order valence-corrected chi connectivity index (χ4v) is 3.61. The number of hydrogen-bond donors (Lipinski definition) is 1. The van der Waals surface area contributed by atoms with Crippen LogP contribution in [0, 0.1) is 17.8 Å². The van der Waals surface area contributed by atoms with E-state index in [9.17, 15) is 4.79 Å². The van der Waals surface area contributed by atoms with Crippen molar-refractivity contribution in [1.29, 1.82) is 0 Å². The van der Waals surface area contributed by atoms with Crippen molar-refractivity contribution in [3.05, 3.63) is 0 Å². The van der Waals surface area contributed by atoms with Crippen molar-refractivity contribution in [3.63, 3.8) is 0 Å². The highest BCUT2D eigenvalue weighted by molar-refractivity contribution is 5.84. The van der Waals surface area contributed by atoms with Crippen LogP contribution in [0.5, 0.6) is 0 Å². The SMILES string of the molecule is CCC(C)C1NCN(C2CCC(C)CC2C)C1=O. The minimum absolute atomic E-state index is 0.0570. The van der Waals surface area contributed by atoms with Crippen molar-refractivity contribution in [3.8, 4) is 0 Å². The molecule has 1 amide bonds. The van der Waals surface area contributed by atoms with E-state index in [4.69, 9.17) is 0 Å². The molecule has 0 radical (unpaired) electrons. The number of carbonyl (C=O) groups excluding carboxylic acids is 1. The maximum atomic E-state index is 12.5. The molecule has 1 saturated carbocycles. The van der Waals surface area contributed by atoms with Gasteiger partial charge in [-0.3, -0.25) is 10.1 Å². The van der Waals surface area contributed by atoms with Crippen LogP contribution in [0.1, 0.15) is 53.4 Å². The molecule has 0 aromatic heterocycles. The van der Waals surface area contributed by atoms with Gasteiger partial charge >= 0.3 is 0 Å². The standard InChI is InChI=1S/C15H28N2O/c1-5-11(3)14-15(18)17(9-16-14)13-7-6-10(2)8-12(13)4/h10-14,16H,5-9H2,1-4H3. The van der Waals surface area contributed by atoms with Gasteiger partial charge < -0.3 is 4.90 Å². The summed E-state index contributed by atoms with van der Waals surface area (Å²) < 4.78 is 0. The van der Waals surface area contributed by atoms with E-state index in [1.54, 1.807) is 0 Å². The Hall–Kier alpha value is -0.570. The summed E-state index contributed by atoms with van der Waals surface area (Å²) in [5.41, 5.74) is 0. The molecule has 0 spiro atoms. The number of hydrogen-bond acceptors (Lipinski definition) is 2. The number of nitrogens with zero attached hydrogens (tertiary/aromatic N) is 1. The van der Waals surface area contributed by atoms with E-state index < -0.39 is 0 Å². The first-order valence-corrected chi connectivity index (χ1v) is 7.58. The zero-order chi connectivity index (χ0) is 13.3. The smallest absolute Gasteiger partial charge is 0.241 e. The Balaban J connectivity index is 2.00. The molecule has 1 saturated heterocycles. The Kier molecular flexibility index (Phi) is 4.31. The topological polar surface area (TPSA) is 32.3 Å². The van der Waals surface area contributed by atoms with Gasteiger partial charge in [-0.25, -0.2) is 0 Å². The van der Waals surface area contributed by atoms with Crippen molar-refractivity contribution in [2.75, 3.05) is 6.67 Å². The van der Waals surface area contributed by atoms with Crippen LogP contribution in [0.25, 0.3) is 0 Å². The predicted octanol–water partition coefficient (Wildman–Crippen LogP) is 2.62. The largest absolute Gasteiger partial charge is 0.325 e. The average molecular weight is 252 g/mol. The van der Waals surface area contributed by atoms with Crippen molar-refractivity contribution >= 4 is 5.91 Å². The molecule has 5 atom stereocenters. The summed E-state index contributed by atoms with van der Waals surface area (Å²) in [6, 6.07) is 0.525. The van der Waals surface area contributed by atoms with Crippen LogP contribution >= 0.6 is 0 Å². The molecule has 1 aliphatic heterocycles. The molecule has 2 rings (SSSR count). The van der Waals surface area contributed by atoms with Crippen molar-refractivity contribution in [1.82, 2.24) is 10.2 Å². The monoisotopic (exact) mass is 252 g/mol. The van der Waals surface area contributed by atoms with Crippen molar-refractivity contribution in [2.45, 2.75) is 65.5 Å². The summed E-state index contributed by atoms with van der Waals surface area (Å²) in [5.74, 6) is 2.26. The molecule has 18 heavy (non-hydrogen) atoms. The minimum Gasteiger partial charge on any atom is -0.325 e. The summed E-state index contributed by atoms with van der Waals surface area (Å²) in [6.45, 7) is 9.73. The van der Waals surface area contributed by atoms with E-state index in [0.717, 1.165) is 19.0 Å². The molecule has 0 aromatic carbocycles. The zero-order valence-electron chi connectivity index (χ0n) is 12.3. The molecule has 2 fully saturated rings. The molecular weight excluding hydrogens is 224 g/mol. The summed E-state index contributed by atoms with van der Waals surface area (Å²) in [7, 11) is 0. The molecule has 0 bridgehead atoms. The Morgan fingerprint density at radius 1 is 1.39 bits per heavy atom. The fourth-order valence-electron chi connectivity index (χ4n) is 3.61. The minimum atomic E-state index is 0.0570. The third-order valence-corrected chi connectivity index (χ3v) is 5.03. The predicted molar refractivity (Wildman–Crippen MR) is 74.1 cm³/mol. The van der Waals surface area contributed by atoms with E-state index >= 15 is 0 Å². The van der Waals surface area contributed by atoms with Crippen molar-refractivity contribution in [2.24, 2.45) is 17.8 Å². The third kappa shape index (κ3) is 2.56. The number of nitrogens with one attached hydrogen (secondary N) is 1. The van der Waals surface area contributed by atoms with E-state index in [0.29, 0.717) is 23.8 Å². The van der Waals surface area contributed by atoms with Crippen LogP contribution in [0.2, 0.25) is 0 Å². The maximum Gasteiger partial charge on any atom is 0.241 e. The van der Waals surface area contributed by atoms with E-state index in [1.165, 1.54) is 19.3 Å². The molecule has 3 nitrogen and oxygen atoms in total. The number of amides is 1. The van der Waals surface area contributed by atoms with E-state index in [1.807, 2.05) is 0 Å². The molecule has 104 valence electrons. The molecule has 3 heteroatoms. The lowest BCUT2D eigenvalue weighted by molar-refractivity contribution is -0.133. The van der Waals surface area contributed by atoms with Crippen LogP contribution < -0.4 is 5.32 Å². The van der Waals surface area contributed by atoms with Gasteiger partial charge in [0.2, 0.25) is 5.91 Å². The second kappa shape index (κ2) is 5.60. The van der Waals surface area contributed by atoms with Crippen molar-refractivity contribution < 1.29 is 4.79 Å². The second-order valence-electron chi connectivity index (χ2n) is 6.50. The van der Waals surface area contributed by atoms with Gasteiger partial charge in [-0.05, 0) is 37.0 Å². The zero-order valence-corrected chi connectivity index (χ0v) is 12.3. The Morgan fingerprint density at radius 2 is 2.11 bits per heavy atom. The first kappa shape index (κ1) is 13.9. The van der Waals surface area contributed by atoms with E-state index in [2.05, 4.69) is 37.9 Å². The molecule has 1 N–H and O–H groups in total. The van der Waals surface area contributed by atoms with Gasteiger partial charge in [0.05, 0.1) is 12.7 Å². The highest BCUT2D eigenvalue weighted by atomic mass is 16.2. The normalized spacial score (nSPS) is 39.1. The lowest BCUT2D eigenvalue weighted by Crippen LogP contribution is -2.45. The van der Waals surface area contributed by atoms with Gasteiger partial charge in [0.25, 0.3) is 0 Å². The molecular formula is C15H28N2O. The van der Waals surface area contributed by atoms with Crippen LogP contribution in [-0.2, 0) is 4.79 Å². The Morgan fingerprint density at radius 3 is 2.72 bits per heavy atom. The van der Waals surface area contributed by atoms with Crippen LogP contribution in [0.4, 0.5) is 0 Å².